The number of hydrogen-bond donors (Lipinski definition) is 4. The Labute approximate surface area is 222 Å². The number of hydrogen-bond acceptors (Lipinski definition) is 6. The molecule has 3 aromatic rings. The normalized spacial score (nSPS) is 14.1. The number of amides is 3. The Morgan fingerprint density at radius 2 is 1.92 bits per heavy atom. The number of nitrogens with zero attached hydrogens (tertiary/aromatic N) is 3. The Hall–Kier alpha value is -4.58. The molecule has 2 heterocycles. The second-order valence-electron chi connectivity index (χ2n) is 8.66. The molecule has 1 fully saturated rings. The first-order valence-corrected chi connectivity index (χ1v) is 11.9. The third kappa shape index (κ3) is 6.40. The van der Waals surface area contributed by atoms with E-state index in [-0.39, 0.29) is 17.9 Å². The quantitative estimate of drug-likeness (QED) is 0.304. The van der Waals surface area contributed by atoms with Crippen LogP contribution in [-0.2, 0) is 14.3 Å². The van der Waals surface area contributed by atoms with Crippen molar-refractivity contribution in [3.63, 3.8) is 0 Å². The summed E-state index contributed by atoms with van der Waals surface area (Å²) in [6, 6.07) is 9.93. The lowest BCUT2D eigenvalue weighted by Gasteiger charge is -2.39. The number of carboxylic acids is 1. The van der Waals surface area contributed by atoms with Crippen LogP contribution >= 0.6 is 11.6 Å². The van der Waals surface area contributed by atoms with E-state index in [1.807, 2.05) is 0 Å². The van der Waals surface area contributed by atoms with E-state index >= 15 is 0 Å². The van der Waals surface area contributed by atoms with E-state index < -0.39 is 29.9 Å². The largest absolute Gasteiger partial charge is 0.478 e. The number of anilines is 1. The molecule has 4 N–H and O–H groups in total. The van der Waals surface area contributed by atoms with Gasteiger partial charge in [-0.2, -0.15) is 0 Å². The fourth-order valence-electron chi connectivity index (χ4n) is 3.98. The van der Waals surface area contributed by atoms with Crippen molar-refractivity contribution >= 4 is 47.2 Å². The summed E-state index contributed by atoms with van der Waals surface area (Å²) in [5, 5.41) is 21.5. The Kier molecular flexibility index (Phi) is 8.12. The molecule has 12 nitrogen and oxygen atoms in total. The number of carbonyl (C=O) groups is 4. The Bertz CT molecular complexity index is 1350. The second-order valence-corrected chi connectivity index (χ2v) is 9.10. The monoisotopic (exact) mass is 540 g/mol. The van der Waals surface area contributed by atoms with Crippen molar-refractivity contribution < 1.29 is 29.0 Å². The number of halogens is 1. The highest BCUT2D eigenvalue weighted by molar-refractivity contribution is 6.30. The van der Waals surface area contributed by atoms with Gasteiger partial charge in [-0.3, -0.25) is 9.59 Å². The van der Waals surface area contributed by atoms with E-state index in [0.29, 0.717) is 29.4 Å². The Balaban J connectivity index is 1.46. The number of benzene rings is 2. The van der Waals surface area contributed by atoms with Crippen LogP contribution < -0.4 is 10.6 Å². The van der Waals surface area contributed by atoms with E-state index in [4.69, 9.17) is 21.4 Å². The molecule has 1 aliphatic rings. The summed E-state index contributed by atoms with van der Waals surface area (Å²) in [6.45, 7) is 0.789. The van der Waals surface area contributed by atoms with Gasteiger partial charge in [0.25, 0.3) is 0 Å². The maximum Gasteiger partial charge on any atom is 0.409 e. The van der Waals surface area contributed by atoms with Crippen LogP contribution in [0, 0.1) is 5.92 Å². The number of nitrogens with one attached hydrogen (secondary N) is 3. The summed E-state index contributed by atoms with van der Waals surface area (Å²) < 4.78 is 6.36. The van der Waals surface area contributed by atoms with Gasteiger partial charge >= 0.3 is 12.1 Å². The number of ether oxygens (including phenoxy) is 1. The van der Waals surface area contributed by atoms with Crippen LogP contribution in [0.4, 0.5) is 10.5 Å². The van der Waals surface area contributed by atoms with Gasteiger partial charge in [-0.1, -0.05) is 11.6 Å². The van der Waals surface area contributed by atoms with Crippen molar-refractivity contribution in [2.24, 2.45) is 5.92 Å². The Morgan fingerprint density at radius 3 is 2.53 bits per heavy atom. The van der Waals surface area contributed by atoms with E-state index in [1.165, 1.54) is 42.4 Å². The molecular formula is C25H25ClN6O6. The summed E-state index contributed by atoms with van der Waals surface area (Å²) in [6.07, 6.45) is 4.27. The van der Waals surface area contributed by atoms with Gasteiger partial charge in [-0.15, -0.1) is 5.10 Å². The molecule has 0 spiro atoms. The van der Waals surface area contributed by atoms with Gasteiger partial charge in [0.1, 0.15) is 12.4 Å². The molecule has 4 rings (SSSR count). The topological polar surface area (TPSA) is 159 Å². The minimum absolute atomic E-state index is 0.0279. The molecule has 1 aliphatic heterocycles. The number of carbonyl (C=O) groups excluding carboxylic acids is 3. The minimum atomic E-state index is -1.08. The first-order chi connectivity index (χ1) is 18.2. The summed E-state index contributed by atoms with van der Waals surface area (Å²) in [5.74, 6) is -2.10. The first kappa shape index (κ1) is 26.5. The van der Waals surface area contributed by atoms with Gasteiger partial charge in [0.2, 0.25) is 11.8 Å². The number of aromatic nitrogens is 3. The van der Waals surface area contributed by atoms with Crippen molar-refractivity contribution in [1.29, 1.82) is 0 Å². The lowest BCUT2D eigenvalue weighted by atomic mass is 9.92. The molecule has 2 aromatic carbocycles. The van der Waals surface area contributed by atoms with E-state index in [9.17, 15) is 19.2 Å². The average molecular weight is 541 g/mol. The highest BCUT2D eigenvalue weighted by Gasteiger charge is 2.35. The second kappa shape index (κ2) is 11.6. The van der Waals surface area contributed by atoms with Crippen LogP contribution in [0.15, 0.2) is 54.9 Å². The SMILES string of the molecule is COC(=O)N1CC(C[C@H](NC(=O)/C=C/c2cc(Cl)ccc2-n2cn[nH]2)C(=O)Nc2ccc(C(=O)O)cc2)C1. The number of likely N-dealkylation sites (tertiary alicyclic amines) is 1. The number of H-pyrrole nitrogens is 1. The average Bonchev–Trinajstić information content (AvgIpc) is 2.84. The van der Waals surface area contributed by atoms with Gasteiger partial charge in [0, 0.05) is 35.4 Å². The molecule has 0 radical (unpaired) electrons. The molecule has 3 amide bonds. The maximum atomic E-state index is 13.1. The lowest BCUT2D eigenvalue weighted by Crippen LogP contribution is -2.54. The van der Waals surface area contributed by atoms with Crippen LogP contribution in [0.25, 0.3) is 11.8 Å². The van der Waals surface area contributed by atoms with Crippen LogP contribution in [-0.4, -0.2) is 75.1 Å². The van der Waals surface area contributed by atoms with Gasteiger partial charge in [0.15, 0.2) is 0 Å². The molecule has 13 heteroatoms. The number of rotatable bonds is 9. The fraction of sp³-hybridized carbons (Fsp3) is 0.240. The van der Waals surface area contributed by atoms with Gasteiger partial charge in [-0.25, -0.2) is 19.5 Å². The fourth-order valence-corrected chi connectivity index (χ4v) is 4.16. The predicted molar refractivity (Wildman–Crippen MR) is 138 cm³/mol. The zero-order valence-corrected chi connectivity index (χ0v) is 21.0. The van der Waals surface area contributed by atoms with Crippen molar-refractivity contribution in [2.45, 2.75) is 12.5 Å². The third-order valence-corrected chi connectivity index (χ3v) is 6.23. The molecule has 38 heavy (non-hydrogen) atoms. The zero-order valence-electron chi connectivity index (χ0n) is 20.3. The van der Waals surface area contributed by atoms with Gasteiger partial charge in [0.05, 0.1) is 18.4 Å². The van der Waals surface area contributed by atoms with Crippen LogP contribution in [0.2, 0.25) is 5.02 Å². The van der Waals surface area contributed by atoms with Gasteiger partial charge in [-0.05, 0) is 60.9 Å². The van der Waals surface area contributed by atoms with Crippen molar-refractivity contribution in [1.82, 2.24) is 25.2 Å². The third-order valence-electron chi connectivity index (χ3n) is 5.99. The number of aromatic carboxylic acids is 1. The minimum Gasteiger partial charge on any atom is -0.478 e. The summed E-state index contributed by atoms with van der Waals surface area (Å²) in [4.78, 5) is 50.2. The number of aromatic amines is 1. The van der Waals surface area contributed by atoms with Gasteiger partial charge < -0.3 is 25.4 Å². The predicted octanol–water partition coefficient (Wildman–Crippen LogP) is 2.78. The van der Waals surface area contributed by atoms with E-state index in [1.54, 1.807) is 35.3 Å². The van der Waals surface area contributed by atoms with E-state index in [2.05, 4.69) is 20.9 Å². The maximum absolute atomic E-state index is 13.1. The molecule has 0 saturated carbocycles. The molecule has 1 saturated heterocycles. The zero-order chi connectivity index (χ0) is 27.2. The van der Waals surface area contributed by atoms with Crippen LogP contribution in [0.1, 0.15) is 22.3 Å². The van der Waals surface area contributed by atoms with E-state index in [0.717, 1.165) is 5.69 Å². The molecule has 0 bridgehead atoms. The van der Waals surface area contributed by atoms with Crippen molar-refractivity contribution in [2.75, 3.05) is 25.5 Å². The van der Waals surface area contributed by atoms with Crippen molar-refractivity contribution in [3.8, 4) is 5.69 Å². The first-order valence-electron chi connectivity index (χ1n) is 11.6. The Morgan fingerprint density at radius 1 is 1.21 bits per heavy atom. The molecule has 1 atom stereocenters. The standard InChI is InChI=1S/C25H25ClN6O6/c1-38-25(37)31-12-15(13-31)10-20(23(34)28-19-6-2-16(3-7-19)24(35)36)29-22(33)9-4-17-11-18(26)5-8-21(17)32-14-27-30-32/h2-9,11,14-15,20,30H,10,12-13H2,1H3,(H,28,34)(H,29,33)(H,35,36)/b9-4+/t20-/m0/s1. The number of methoxy groups -OCH3 is 1. The van der Waals surface area contributed by atoms with Crippen LogP contribution in [0.5, 0.6) is 0 Å². The lowest BCUT2D eigenvalue weighted by molar-refractivity contribution is -0.124. The number of carboxylic acid groups (broad SMARTS) is 1. The molecule has 198 valence electrons. The summed E-state index contributed by atoms with van der Waals surface area (Å²) in [5.41, 5.74) is 1.84. The summed E-state index contributed by atoms with van der Waals surface area (Å²) >= 11 is 6.12. The highest BCUT2D eigenvalue weighted by atomic mass is 35.5. The smallest absolute Gasteiger partial charge is 0.409 e. The molecular weight excluding hydrogens is 516 g/mol. The molecule has 0 unspecified atom stereocenters. The van der Waals surface area contributed by atoms with Crippen LogP contribution in [0.3, 0.4) is 0 Å². The molecule has 0 aliphatic carbocycles. The molecule has 1 aromatic heterocycles. The summed E-state index contributed by atoms with van der Waals surface area (Å²) in [7, 11) is 1.30. The highest BCUT2D eigenvalue weighted by Crippen LogP contribution is 2.23. The van der Waals surface area contributed by atoms with Crippen molar-refractivity contribution in [3.05, 3.63) is 71.0 Å².